The van der Waals surface area contributed by atoms with Crippen LogP contribution in [0.15, 0.2) is 54.9 Å². The highest BCUT2D eigenvalue weighted by molar-refractivity contribution is 6.32. The van der Waals surface area contributed by atoms with Gasteiger partial charge in [0.15, 0.2) is 5.82 Å². The van der Waals surface area contributed by atoms with E-state index in [1.165, 1.54) is 0 Å². The number of pyridine rings is 1. The van der Waals surface area contributed by atoms with Gasteiger partial charge in [-0.1, -0.05) is 43.6 Å². The van der Waals surface area contributed by atoms with E-state index in [0.29, 0.717) is 35.3 Å². The molecule has 7 heteroatoms. The number of hydrogen-bond acceptors (Lipinski definition) is 4. The Morgan fingerprint density at radius 3 is 2.64 bits per heavy atom. The van der Waals surface area contributed by atoms with Crippen LogP contribution in [0.5, 0.6) is 5.75 Å². The highest BCUT2D eigenvalue weighted by Gasteiger charge is 2.23. The van der Waals surface area contributed by atoms with Crippen LogP contribution in [0, 0.1) is 0 Å². The summed E-state index contributed by atoms with van der Waals surface area (Å²) in [5.74, 6) is 1.30. The predicted molar refractivity (Wildman–Crippen MR) is 109 cm³/mol. The number of para-hydroxylation sites is 1. The number of nitrogens with zero attached hydrogens (tertiary/aromatic N) is 4. The lowest BCUT2D eigenvalue weighted by molar-refractivity contribution is 0.0772. The van der Waals surface area contributed by atoms with Crippen molar-refractivity contribution in [2.24, 2.45) is 0 Å². The number of amides is 1. The molecule has 0 saturated carbocycles. The first kappa shape index (κ1) is 19.9. The van der Waals surface area contributed by atoms with Crippen molar-refractivity contribution in [3.05, 3.63) is 71.1 Å². The quantitative estimate of drug-likeness (QED) is 0.598. The van der Waals surface area contributed by atoms with Crippen LogP contribution in [0.4, 0.5) is 0 Å². The molecule has 0 spiro atoms. The summed E-state index contributed by atoms with van der Waals surface area (Å²) in [6.07, 6.45) is 3.32. The largest absolute Gasteiger partial charge is 0.490 e. The summed E-state index contributed by atoms with van der Waals surface area (Å²) in [7, 11) is 1.75. The van der Waals surface area contributed by atoms with Gasteiger partial charge in [-0.2, -0.15) is 5.10 Å². The van der Waals surface area contributed by atoms with E-state index < -0.39 is 0 Å². The molecule has 0 radical (unpaired) electrons. The number of aromatic nitrogens is 3. The fraction of sp³-hybridized carbons (Fsp3) is 0.286. The molecule has 0 fully saturated rings. The highest BCUT2D eigenvalue weighted by atomic mass is 35.5. The number of benzene rings is 1. The van der Waals surface area contributed by atoms with Gasteiger partial charge < -0.3 is 9.64 Å². The van der Waals surface area contributed by atoms with Crippen molar-refractivity contribution in [1.82, 2.24) is 19.7 Å². The van der Waals surface area contributed by atoms with Crippen molar-refractivity contribution in [3.8, 4) is 11.6 Å². The van der Waals surface area contributed by atoms with Crippen LogP contribution in [-0.2, 0) is 0 Å². The molecule has 0 aliphatic heterocycles. The maximum Gasteiger partial charge on any atom is 0.257 e. The minimum absolute atomic E-state index is 0.103. The van der Waals surface area contributed by atoms with Crippen LogP contribution in [-0.4, -0.2) is 45.8 Å². The summed E-state index contributed by atoms with van der Waals surface area (Å²) in [5.41, 5.74) is 1.41. The van der Waals surface area contributed by atoms with Crippen molar-refractivity contribution in [1.29, 1.82) is 0 Å². The third-order valence-electron chi connectivity index (χ3n) is 4.32. The Morgan fingerprint density at radius 1 is 1.21 bits per heavy atom. The normalized spacial score (nSPS) is 10.9. The number of ether oxygens (including phenoxy) is 1. The van der Waals surface area contributed by atoms with Crippen LogP contribution in [0.3, 0.4) is 0 Å². The fourth-order valence-corrected chi connectivity index (χ4v) is 3.09. The number of hydrogen-bond donors (Lipinski definition) is 0. The molecule has 3 rings (SSSR count). The molecule has 0 unspecified atom stereocenters. The van der Waals surface area contributed by atoms with Gasteiger partial charge in [0.25, 0.3) is 5.91 Å². The molecule has 0 bridgehead atoms. The SMILES string of the molecule is CC(C)c1c(C(=O)N(C)CCOc2ccccc2Cl)cnn1-c1ccccn1. The van der Waals surface area contributed by atoms with Gasteiger partial charge in [0.2, 0.25) is 0 Å². The third-order valence-corrected chi connectivity index (χ3v) is 4.63. The second-order valence-corrected chi connectivity index (χ2v) is 7.11. The molecule has 0 saturated heterocycles. The van der Waals surface area contributed by atoms with Gasteiger partial charge in [-0.25, -0.2) is 9.67 Å². The summed E-state index contributed by atoms with van der Waals surface area (Å²) >= 11 is 6.09. The van der Waals surface area contributed by atoms with E-state index in [4.69, 9.17) is 16.3 Å². The van der Waals surface area contributed by atoms with Crippen molar-refractivity contribution < 1.29 is 9.53 Å². The van der Waals surface area contributed by atoms with Gasteiger partial charge in [0.1, 0.15) is 12.4 Å². The van der Waals surface area contributed by atoms with E-state index in [9.17, 15) is 4.79 Å². The van der Waals surface area contributed by atoms with E-state index in [1.807, 2.05) is 44.2 Å². The Kier molecular flexibility index (Phi) is 6.31. The lowest BCUT2D eigenvalue weighted by atomic mass is 10.0. The van der Waals surface area contributed by atoms with Crippen LogP contribution in [0.2, 0.25) is 5.02 Å². The number of carbonyl (C=O) groups is 1. The zero-order valence-corrected chi connectivity index (χ0v) is 16.9. The molecule has 0 N–H and O–H groups in total. The second kappa shape index (κ2) is 8.89. The lowest BCUT2D eigenvalue weighted by Gasteiger charge is -2.19. The Hall–Kier alpha value is -2.86. The lowest BCUT2D eigenvalue weighted by Crippen LogP contribution is -2.31. The molecule has 0 aliphatic rings. The Morgan fingerprint density at radius 2 is 1.96 bits per heavy atom. The predicted octanol–water partition coefficient (Wildman–Crippen LogP) is 4.20. The average Bonchev–Trinajstić information content (AvgIpc) is 3.15. The van der Waals surface area contributed by atoms with Crippen molar-refractivity contribution in [2.75, 3.05) is 20.2 Å². The van der Waals surface area contributed by atoms with E-state index in [1.54, 1.807) is 41.2 Å². The summed E-state index contributed by atoms with van der Waals surface area (Å²) in [6, 6.07) is 12.9. The van der Waals surface area contributed by atoms with Crippen molar-refractivity contribution in [2.45, 2.75) is 19.8 Å². The summed E-state index contributed by atoms with van der Waals surface area (Å²) in [4.78, 5) is 19.0. The molecule has 146 valence electrons. The number of likely N-dealkylation sites (N-methyl/N-ethyl adjacent to an activating group) is 1. The van der Waals surface area contributed by atoms with Gasteiger partial charge in [-0.05, 0) is 30.2 Å². The average molecular weight is 399 g/mol. The minimum atomic E-state index is -0.103. The van der Waals surface area contributed by atoms with Crippen LogP contribution < -0.4 is 4.74 Å². The first-order valence-electron chi connectivity index (χ1n) is 9.11. The highest BCUT2D eigenvalue weighted by Crippen LogP contribution is 2.24. The molecule has 1 amide bonds. The first-order chi connectivity index (χ1) is 13.5. The van der Waals surface area contributed by atoms with Crippen LogP contribution in [0.1, 0.15) is 35.8 Å². The maximum atomic E-state index is 13.0. The van der Waals surface area contributed by atoms with E-state index in [-0.39, 0.29) is 11.8 Å². The van der Waals surface area contributed by atoms with Crippen molar-refractivity contribution >= 4 is 17.5 Å². The molecule has 28 heavy (non-hydrogen) atoms. The number of rotatable bonds is 7. The van der Waals surface area contributed by atoms with Gasteiger partial charge in [0, 0.05) is 13.2 Å². The maximum absolute atomic E-state index is 13.0. The van der Waals surface area contributed by atoms with E-state index in [2.05, 4.69) is 10.1 Å². The first-order valence-corrected chi connectivity index (χ1v) is 9.49. The smallest absolute Gasteiger partial charge is 0.257 e. The number of carbonyl (C=O) groups excluding carboxylic acids is 1. The molecule has 3 aromatic rings. The molecule has 2 heterocycles. The minimum Gasteiger partial charge on any atom is -0.490 e. The molecule has 1 aromatic carbocycles. The Bertz CT molecular complexity index is 941. The van der Waals surface area contributed by atoms with Gasteiger partial charge in [-0.15, -0.1) is 0 Å². The number of halogens is 1. The fourth-order valence-electron chi connectivity index (χ4n) is 2.90. The molecule has 2 aromatic heterocycles. The summed E-state index contributed by atoms with van der Waals surface area (Å²) < 4.78 is 7.42. The molecular formula is C21H23ClN4O2. The van der Waals surface area contributed by atoms with Gasteiger partial charge in [-0.3, -0.25) is 4.79 Å². The molecule has 0 atom stereocenters. The van der Waals surface area contributed by atoms with E-state index >= 15 is 0 Å². The van der Waals surface area contributed by atoms with Gasteiger partial charge >= 0.3 is 0 Å². The summed E-state index contributed by atoms with van der Waals surface area (Å²) in [6.45, 7) is 4.84. The Balaban J connectivity index is 1.73. The van der Waals surface area contributed by atoms with Gasteiger partial charge in [0.05, 0.1) is 29.0 Å². The zero-order valence-electron chi connectivity index (χ0n) is 16.2. The monoisotopic (exact) mass is 398 g/mol. The summed E-state index contributed by atoms with van der Waals surface area (Å²) in [5, 5.41) is 4.96. The zero-order chi connectivity index (χ0) is 20.1. The molecule has 6 nitrogen and oxygen atoms in total. The topological polar surface area (TPSA) is 60.3 Å². The van der Waals surface area contributed by atoms with Crippen LogP contribution >= 0.6 is 11.6 Å². The molecular weight excluding hydrogens is 376 g/mol. The standard InChI is InChI=1S/C21H23ClN4O2/c1-15(2)20-16(14-24-26(20)19-10-6-7-11-23-19)21(27)25(3)12-13-28-18-9-5-4-8-17(18)22/h4-11,14-15H,12-13H2,1-3H3. The molecule has 0 aliphatic carbocycles. The van der Waals surface area contributed by atoms with E-state index in [0.717, 1.165) is 5.69 Å². The van der Waals surface area contributed by atoms with Crippen LogP contribution in [0.25, 0.3) is 5.82 Å². The second-order valence-electron chi connectivity index (χ2n) is 6.70. The third kappa shape index (κ3) is 4.34. The van der Waals surface area contributed by atoms with Crippen molar-refractivity contribution in [3.63, 3.8) is 0 Å². The Labute approximate surface area is 169 Å².